The van der Waals surface area contributed by atoms with Crippen molar-refractivity contribution in [2.75, 3.05) is 50.2 Å². The third-order valence-electron chi connectivity index (χ3n) is 7.25. The Morgan fingerprint density at radius 3 is 2.43 bits per heavy atom. The van der Waals surface area contributed by atoms with Crippen molar-refractivity contribution in [3.63, 3.8) is 0 Å². The van der Waals surface area contributed by atoms with Crippen molar-refractivity contribution in [2.45, 2.75) is 18.9 Å². The molecule has 0 radical (unpaired) electrons. The number of carbonyl (C=O) groups is 1. The molecule has 182 valence electrons. The Hall–Kier alpha value is -3.67. The standard InChI is InChI=1S/C29H33N3O3/c1-34-24-12-9-23(10-13-24)31-16-17-32-27-19-25(35-2)11-8-22(27)18-26(28(32)20-31)29(33)30-15-14-21-6-4-3-5-7-21/h3-13,19,26,28H,14-18,20H2,1-2H3,(H,30,33)/t26-,28-/m1/s1. The molecule has 6 heteroatoms. The van der Waals surface area contributed by atoms with Crippen LogP contribution < -0.4 is 24.6 Å². The molecule has 0 saturated carbocycles. The molecule has 5 rings (SSSR count). The smallest absolute Gasteiger partial charge is 0.225 e. The largest absolute Gasteiger partial charge is 0.497 e. The summed E-state index contributed by atoms with van der Waals surface area (Å²) in [4.78, 5) is 18.3. The Balaban J connectivity index is 1.36. The van der Waals surface area contributed by atoms with Crippen LogP contribution in [0.3, 0.4) is 0 Å². The summed E-state index contributed by atoms with van der Waals surface area (Å²) in [5.74, 6) is 1.72. The number of fused-ring (bicyclic) bond motifs is 3. The van der Waals surface area contributed by atoms with Crippen molar-refractivity contribution < 1.29 is 14.3 Å². The lowest BCUT2D eigenvalue weighted by molar-refractivity contribution is -0.125. The molecule has 0 spiro atoms. The second-order valence-corrected chi connectivity index (χ2v) is 9.24. The molecule has 1 N–H and O–H groups in total. The van der Waals surface area contributed by atoms with E-state index in [0.29, 0.717) is 6.54 Å². The van der Waals surface area contributed by atoms with Crippen molar-refractivity contribution in [1.82, 2.24) is 5.32 Å². The molecule has 2 heterocycles. The Morgan fingerprint density at radius 1 is 0.943 bits per heavy atom. The molecule has 3 aromatic carbocycles. The maximum absolute atomic E-state index is 13.5. The lowest BCUT2D eigenvalue weighted by atomic mass is 9.83. The average Bonchev–Trinajstić information content (AvgIpc) is 2.92. The Labute approximate surface area is 207 Å². The van der Waals surface area contributed by atoms with Crippen LogP contribution in [-0.2, 0) is 17.6 Å². The molecule has 0 unspecified atom stereocenters. The van der Waals surface area contributed by atoms with Gasteiger partial charge in [0.25, 0.3) is 0 Å². The molecule has 6 nitrogen and oxygen atoms in total. The van der Waals surface area contributed by atoms with Crippen LogP contribution in [-0.4, -0.2) is 52.3 Å². The summed E-state index contributed by atoms with van der Waals surface area (Å²) in [5, 5.41) is 3.23. The summed E-state index contributed by atoms with van der Waals surface area (Å²) in [7, 11) is 3.38. The van der Waals surface area contributed by atoms with Crippen molar-refractivity contribution in [3.8, 4) is 11.5 Å². The summed E-state index contributed by atoms with van der Waals surface area (Å²) >= 11 is 0. The lowest BCUT2D eigenvalue weighted by Crippen LogP contribution is -2.61. The van der Waals surface area contributed by atoms with E-state index >= 15 is 0 Å². The summed E-state index contributed by atoms with van der Waals surface area (Å²) in [6.07, 6.45) is 1.56. The topological polar surface area (TPSA) is 54.0 Å². The van der Waals surface area contributed by atoms with E-state index in [2.05, 4.69) is 51.5 Å². The number of piperazine rings is 1. The fourth-order valence-corrected chi connectivity index (χ4v) is 5.34. The number of hydrogen-bond donors (Lipinski definition) is 1. The lowest BCUT2D eigenvalue weighted by Gasteiger charge is -2.49. The Morgan fingerprint density at radius 2 is 1.69 bits per heavy atom. The van der Waals surface area contributed by atoms with Gasteiger partial charge in [0.15, 0.2) is 0 Å². The first kappa shape index (κ1) is 23.1. The molecule has 2 atom stereocenters. The third kappa shape index (κ3) is 4.92. The summed E-state index contributed by atoms with van der Waals surface area (Å²) in [6.45, 7) is 3.18. The van der Waals surface area contributed by atoms with Gasteiger partial charge in [0.2, 0.25) is 5.91 Å². The van der Waals surface area contributed by atoms with E-state index in [9.17, 15) is 4.79 Å². The van der Waals surface area contributed by atoms with Gasteiger partial charge in [-0.05, 0) is 54.3 Å². The molecule has 3 aromatic rings. The van der Waals surface area contributed by atoms with E-state index in [1.165, 1.54) is 16.8 Å². The molecule has 0 aromatic heterocycles. The van der Waals surface area contributed by atoms with Crippen LogP contribution in [0.1, 0.15) is 11.1 Å². The SMILES string of the molecule is COc1ccc(N2CCN3c4cc(OC)ccc4C[C@@H](C(=O)NCCc4ccccc4)[C@H]3C2)cc1. The highest BCUT2D eigenvalue weighted by Gasteiger charge is 2.41. The van der Waals surface area contributed by atoms with E-state index in [1.807, 2.05) is 36.4 Å². The summed E-state index contributed by atoms with van der Waals surface area (Å²) < 4.78 is 10.8. The monoisotopic (exact) mass is 471 g/mol. The first-order valence-electron chi connectivity index (χ1n) is 12.3. The number of rotatable bonds is 7. The number of carbonyl (C=O) groups excluding carboxylic acids is 1. The zero-order chi connectivity index (χ0) is 24.2. The zero-order valence-electron chi connectivity index (χ0n) is 20.4. The highest BCUT2D eigenvalue weighted by atomic mass is 16.5. The second kappa shape index (κ2) is 10.3. The molecule has 1 amide bonds. The molecule has 2 aliphatic rings. The first-order valence-corrected chi connectivity index (χ1v) is 12.3. The predicted octanol–water partition coefficient (Wildman–Crippen LogP) is 3.93. The van der Waals surface area contributed by atoms with Gasteiger partial charge in [-0.1, -0.05) is 36.4 Å². The second-order valence-electron chi connectivity index (χ2n) is 9.24. The summed E-state index contributed by atoms with van der Waals surface area (Å²) in [6, 6.07) is 24.8. The van der Waals surface area contributed by atoms with Crippen LogP contribution in [0.4, 0.5) is 11.4 Å². The number of ether oxygens (including phenoxy) is 2. The van der Waals surface area contributed by atoms with Gasteiger partial charge in [0.05, 0.1) is 26.2 Å². The number of amides is 1. The normalized spacial score (nSPS) is 18.9. The van der Waals surface area contributed by atoms with Crippen LogP contribution in [0.2, 0.25) is 0 Å². The molecule has 1 fully saturated rings. The first-order chi connectivity index (χ1) is 17.2. The van der Waals surface area contributed by atoms with Gasteiger partial charge in [0.1, 0.15) is 11.5 Å². The quantitative estimate of drug-likeness (QED) is 0.566. The fraction of sp³-hybridized carbons (Fsp3) is 0.345. The maximum atomic E-state index is 13.5. The maximum Gasteiger partial charge on any atom is 0.225 e. The highest BCUT2D eigenvalue weighted by Crippen LogP contribution is 2.39. The van der Waals surface area contributed by atoms with Gasteiger partial charge >= 0.3 is 0 Å². The fourth-order valence-electron chi connectivity index (χ4n) is 5.34. The number of methoxy groups -OCH3 is 2. The van der Waals surface area contributed by atoms with Crippen molar-refractivity contribution in [3.05, 3.63) is 83.9 Å². The molecule has 2 aliphatic heterocycles. The molecule has 0 bridgehead atoms. The van der Waals surface area contributed by atoms with Gasteiger partial charge in [-0.25, -0.2) is 0 Å². The highest BCUT2D eigenvalue weighted by molar-refractivity contribution is 5.82. The van der Waals surface area contributed by atoms with E-state index in [-0.39, 0.29) is 17.9 Å². The number of anilines is 2. The van der Waals surface area contributed by atoms with Gasteiger partial charge in [-0.3, -0.25) is 4.79 Å². The van der Waals surface area contributed by atoms with Crippen LogP contribution in [0.15, 0.2) is 72.8 Å². The zero-order valence-corrected chi connectivity index (χ0v) is 20.4. The summed E-state index contributed by atoms with van der Waals surface area (Å²) in [5.41, 5.74) is 4.80. The van der Waals surface area contributed by atoms with Crippen molar-refractivity contribution >= 4 is 17.3 Å². The Kier molecular flexibility index (Phi) is 6.80. The van der Waals surface area contributed by atoms with Gasteiger partial charge in [-0.15, -0.1) is 0 Å². The molecular formula is C29H33N3O3. The number of hydrogen-bond acceptors (Lipinski definition) is 5. The van der Waals surface area contributed by atoms with Crippen LogP contribution in [0.5, 0.6) is 11.5 Å². The van der Waals surface area contributed by atoms with Crippen LogP contribution in [0, 0.1) is 5.92 Å². The minimum atomic E-state index is -0.118. The molecule has 0 aliphatic carbocycles. The average molecular weight is 472 g/mol. The predicted molar refractivity (Wildman–Crippen MR) is 140 cm³/mol. The van der Waals surface area contributed by atoms with E-state index < -0.39 is 0 Å². The number of benzene rings is 3. The van der Waals surface area contributed by atoms with E-state index in [0.717, 1.165) is 49.7 Å². The van der Waals surface area contributed by atoms with Crippen molar-refractivity contribution in [1.29, 1.82) is 0 Å². The third-order valence-corrected chi connectivity index (χ3v) is 7.25. The molecular weight excluding hydrogens is 438 g/mol. The Bertz CT molecular complexity index is 1150. The minimum Gasteiger partial charge on any atom is -0.497 e. The van der Waals surface area contributed by atoms with Gasteiger partial charge < -0.3 is 24.6 Å². The number of nitrogens with one attached hydrogen (secondary N) is 1. The number of nitrogens with zero attached hydrogens (tertiary/aromatic N) is 2. The minimum absolute atomic E-state index is 0.0854. The van der Waals surface area contributed by atoms with E-state index in [1.54, 1.807) is 14.2 Å². The van der Waals surface area contributed by atoms with E-state index in [4.69, 9.17) is 9.47 Å². The van der Waals surface area contributed by atoms with Crippen LogP contribution in [0.25, 0.3) is 0 Å². The van der Waals surface area contributed by atoms with Crippen LogP contribution >= 0.6 is 0 Å². The van der Waals surface area contributed by atoms with Crippen molar-refractivity contribution in [2.24, 2.45) is 5.92 Å². The van der Waals surface area contributed by atoms with Gasteiger partial charge in [-0.2, -0.15) is 0 Å². The van der Waals surface area contributed by atoms with Gasteiger partial charge in [0, 0.05) is 43.6 Å². The molecule has 35 heavy (non-hydrogen) atoms. The molecule has 1 saturated heterocycles.